The van der Waals surface area contributed by atoms with E-state index < -0.39 is 17.6 Å². The third-order valence-corrected chi connectivity index (χ3v) is 1.24. The van der Waals surface area contributed by atoms with E-state index >= 15 is 0 Å². The average Bonchev–Trinajstić information content (AvgIpc) is 2.04. The highest BCUT2D eigenvalue weighted by Crippen LogP contribution is 2.04. The third kappa shape index (κ3) is 2.22. The van der Waals surface area contributed by atoms with Gasteiger partial charge in [0.05, 0.1) is 5.56 Å². The summed E-state index contributed by atoms with van der Waals surface area (Å²) in [6.07, 6.45) is 1.23. The van der Waals surface area contributed by atoms with Crippen LogP contribution < -0.4 is 0 Å². The van der Waals surface area contributed by atoms with Gasteiger partial charge < -0.3 is 10.2 Å². The zero-order valence-corrected chi connectivity index (χ0v) is 6.30. The maximum absolute atomic E-state index is 10.4. The van der Waals surface area contributed by atoms with Crippen LogP contribution in [0.1, 0.15) is 20.8 Å². The van der Waals surface area contributed by atoms with Gasteiger partial charge in [-0.05, 0) is 12.1 Å². The fourth-order valence-corrected chi connectivity index (χ4v) is 0.748. The molecule has 1 aromatic rings. The van der Waals surface area contributed by atoms with Crippen LogP contribution in [0.4, 0.5) is 4.70 Å². The van der Waals surface area contributed by atoms with Crippen molar-refractivity contribution in [2.75, 3.05) is 0 Å². The van der Waals surface area contributed by atoms with E-state index in [0.29, 0.717) is 0 Å². The van der Waals surface area contributed by atoms with Crippen LogP contribution in [0.15, 0.2) is 18.3 Å². The monoisotopic (exact) mass is 187 g/mol. The number of aromatic carboxylic acids is 2. The van der Waals surface area contributed by atoms with Crippen molar-refractivity contribution in [3.63, 3.8) is 0 Å². The molecule has 0 saturated heterocycles. The van der Waals surface area contributed by atoms with Crippen LogP contribution >= 0.6 is 0 Å². The van der Waals surface area contributed by atoms with Gasteiger partial charge in [-0.3, -0.25) is 4.70 Å². The Kier molecular flexibility index (Phi) is 3.52. The number of carboxylic acid groups (broad SMARTS) is 2. The smallest absolute Gasteiger partial charge is 0.355 e. The molecule has 0 saturated carbocycles. The highest BCUT2D eigenvalue weighted by atomic mass is 19.0. The molecule has 0 aliphatic heterocycles. The first kappa shape index (κ1) is 11.0. The van der Waals surface area contributed by atoms with E-state index in [9.17, 15) is 9.59 Å². The molecule has 0 radical (unpaired) electrons. The molecule has 0 fully saturated rings. The molecule has 1 heterocycles. The number of halogens is 1. The maximum Gasteiger partial charge on any atom is 0.355 e. The van der Waals surface area contributed by atoms with Crippen molar-refractivity contribution in [3.05, 3.63) is 29.6 Å². The Morgan fingerprint density at radius 3 is 2.23 bits per heavy atom. The fraction of sp³-hybridized carbons (Fsp3) is 0. The first-order chi connectivity index (χ1) is 5.63. The van der Waals surface area contributed by atoms with Gasteiger partial charge in [-0.1, -0.05) is 0 Å². The first-order valence-corrected chi connectivity index (χ1v) is 3.04. The van der Waals surface area contributed by atoms with Crippen molar-refractivity contribution < 1.29 is 24.5 Å². The number of pyridine rings is 1. The summed E-state index contributed by atoms with van der Waals surface area (Å²) < 4.78 is 0. The number of carboxylic acids is 2. The molecule has 0 spiro atoms. The topological polar surface area (TPSA) is 87.5 Å². The maximum atomic E-state index is 10.4. The first-order valence-electron chi connectivity index (χ1n) is 3.04. The Morgan fingerprint density at radius 1 is 1.23 bits per heavy atom. The molecule has 13 heavy (non-hydrogen) atoms. The van der Waals surface area contributed by atoms with E-state index in [2.05, 4.69) is 4.98 Å². The predicted molar refractivity (Wildman–Crippen MR) is 40.7 cm³/mol. The number of hydrogen-bond acceptors (Lipinski definition) is 3. The largest absolute Gasteiger partial charge is 0.478 e. The molecule has 0 aliphatic rings. The molecule has 0 bridgehead atoms. The van der Waals surface area contributed by atoms with Crippen molar-refractivity contribution in [1.82, 2.24) is 4.98 Å². The van der Waals surface area contributed by atoms with Crippen LogP contribution in [0.2, 0.25) is 0 Å². The lowest BCUT2D eigenvalue weighted by atomic mass is 10.2. The Morgan fingerprint density at radius 2 is 1.85 bits per heavy atom. The van der Waals surface area contributed by atoms with Crippen LogP contribution in [-0.2, 0) is 0 Å². The number of carbonyl (C=O) groups is 2. The molecule has 0 aromatic carbocycles. The summed E-state index contributed by atoms with van der Waals surface area (Å²) in [5.74, 6) is -2.63. The van der Waals surface area contributed by atoms with Crippen LogP contribution in [0, 0.1) is 0 Å². The van der Waals surface area contributed by atoms with Gasteiger partial charge in [-0.15, -0.1) is 0 Å². The van der Waals surface area contributed by atoms with Gasteiger partial charge in [0.2, 0.25) is 0 Å². The van der Waals surface area contributed by atoms with E-state index in [1.165, 1.54) is 18.3 Å². The van der Waals surface area contributed by atoms with Gasteiger partial charge in [-0.25, -0.2) is 14.6 Å². The summed E-state index contributed by atoms with van der Waals surface area (Å²) >= 11 is 0. The second kappa shape index (κ2) is 4.15. The van der Waals surface area contributed by atoms with E-state index in [0.717, 1.165) is 0 Å². The molecule has 0 aliphatic carbocycles. The lowest BCUT2D eigenvalue weighted by Gasteiger charge is -1.97. The Balaban J connectivity index is 0.00000144. The zero-order valence-electron chi connectivity index (χ0n) is 6.30. The Bertz CT molecular complexity index is 306. The molecule has 70 valence electrons. The quantitative estimate of drug-likeness (QED) is 0.708. The molecule has 0 unspecified atom stereocenters. The minimum atomic E-state index is -1.34. The Hall–Kier alpha value is -1.98. The molecular formula is C7H6FNO4. The van der Waals surface area contributed by atoms with Crippen molar-refractivity contribution in [1.29, 1.82) is 0 Å². The molecule has 1 rings (SSSR count). The van der Waals surface area contributed by atoms with Crippen molar-refractivity contribution >= 4 is 11.9 Å². The molecule has 2 N–H and O–H groups in total. The fourth-order valence-electron chi connectivity index (χ4n) is 0.748. The van der Waals surface area contributed by atoms with Crippen LogP contribution in [-0.4, -0.2) is 27.1 Å². The van der Waals surface area contributed by atoms with Gasteiger partial charge in [0, 0.05) is 6.20 Å². The number of aromatic nitrogens is 1. The van der Waals surface area contributed by atoms with E-state index in [-0.39, 0.29) is 10.3 Å². The molecule has 0 amide bonds. The highest BCUT2D eigenvalue weighted by Gasteiger charge is 2.15. The second-order valence-electron chi connectivity index (χ2n) is 2.01. The lowest BCUT2D eigenvalue weighted by molar-refractivity contribution is 0.0646. The average molecular weight is 187 g/mol. The van der Waals surface area contributed by atoms with Crippen molar-refractivity contribution in [3.8, 4) is 0 Å². The molecule has 1 aromatic heterocycles. The normalized spacial score (nSPS) is 8.62. The summed E-state index contributed by atoms with van der Waals surface area (Å²) in [6.45, 7) is 0. The predicted octanol–water partition coefficient (Wildman–Crippen LogP) is 0.631. The van der Waals surface area contributed by atoms with E-state index in [1.807, 2.05) is 0 Å². The Labute approximate surface area is 72.0 Å². The molecule has 0 atom stereocenters. The molecular weight excluding hydrogens is 181 g/mol. The third-order valence-electron chi connectivity index (χ3n) is 1.24. The second-order valence-corrected chi connectivity index (χ2v) is 2.01. The summed E-state index contributed by atoms with van der Waals surface area (Å²) in [5.41, 5.74) is -0.741. The summed E-state index contributed by atoms with van der Waals surface area (Å²) in [4.78, 5) is 24.2. The number of nitrogens with zero attached hydrogens (tertiary/aromatic N) is 1. The molecule has 5 nitrogen and oxygen atoms in total. The van der Waals surface area contributed by atoms with Gasteiger partial charge in [-0.2, -0.15) is 0 Å². The van der Waals surface area contributed by atoms with Gasteiger partial charge in [0.15, 0.2) is 5.69 Å². The summed E-state index contributed by atoms with van der Waals surface area (Å²) in [6, 6.07) is 2.56. The number of rotatable bonds is 2. The van der Waals surface area contributed by atoms with Gasteiger partial charge in [0.25, 0.3) is 0 Å². The molecule has 6 heteroatoms. The summed E-state index contributed by atoms with van der Waals surface area (Å²) in [7, 11) is 0. The SMILES string of the molecule is F.O=C(O)c1cccnc1C(=O)O. The standard InChI is InChI=1S/C7H5NO4.FH/c9-6(10)4-2-1-3-8-5(4)7(11)12;/h1-3H,(H,9,10)(H,11,12);1H. The van der Waals surface area contributed by atoms with Crippen LogP contribution in [0.3, 0.4) is 0 Å². The van der Waals surface area contributed by atoms with Gasteiger partial charge in [0.1, 0.15) is 0 Å². The minimum absolute atomic E-state index is 0. The van der Waals surface area contributed by atoms with Gasteiger partial charge >= 0.3 is 11.9 Å². The van der Waals surface area contributed by atoms with Crippen molar-refractivity contribution in [2.24, 2.45) is 0 Å². The number of hydrogen-bond donors (Lipinski definition) is 2. The van der Waals surface area contributed by atoms with Crippen LogP contribution in [0.25, 0.3) is 0 Å². The summed E-state index contributed by atoms with van der Waals surface area (Å²) in [5, 5.41) is 17.0. The highest BCUT2D eigenvalue weighted by molar-refractivity contribution is 5.99. The van der Waals surface area contributed by atoms with Crippen molar-refractivity contribution in [2.45, 2.75) is 0 Å². The van der Waals surface area contributed by atoms with E-state index in [4.69, 9.17) is 10.2 Å². The zero-order chi connectivity index (χ0) is 9.14. The van der Waals surface area contributed by atoms with Crippen LogP contribution in [0.5, 0.6) is 0 Å². The minimum Gasteiger partial charge on any atom is -0.478 e. The van der Waals surface area contributed by atoms with E-state index in [1.54, 1.807) is 0 Å². The lowest BCUT2D eigenvalue weighted by Crippen LogP contribution is -2.09.